The number of aromatic amines is 1. The van der Waals surface area contributed by atoms with Gasteiger partial charge in [0.05, 0.1) is 34.9 Å². The van der Waals surface area contributed by atoms with E-state index in [1.54, 1.807) is 23.2 Å². The molecule has 10 heteroatoms. The lowest BCUT2D eigenvalue weighted by Gasteiger charge is -2.44. The molecule has 0 amide bonds. The molecule has 33 heavy (non-hydrogen) atoms. The predicted octanol–water partition coefficient (Wildman–Crippen LogP) is 2.57. The SMILES string of the molecule is CC(C)c1ccc(S(=O)(=O)N2CC(N3C(N)=Nc4[nH]ncc4C3N)Cc3ccccc32)cc1. The first-order valence-corrected chi connectivity index (χ1v) is 12.3. The number of aromatic nitrogens is 2. The lowest BCUT2D eigenvalue weighted by atomic mass is 9.97. The third-order valence-corrected chi connectivity index (χ3v) is 8.17. The van der Waals surface area contributed by atoms with Gasteiger partial charge >= 0.3 is 0 Å². The van der Waals surface area contributed by atoms with Crippen LogP contribution in [0.3, 0.4) is 0 Å². The van der Waals surface area contributed by atoms with Crippen LogP contribution >= 0.6 is 0 Å². The Bertz CT molecular complexity index is 1310. The molecule has 0 saturated heterocycles. The summed E-state index contributed by atoms with van der Waals surface area (Å²) in [5, 5.41) is 6.81. The van der Waals surface area contributed by atoms with E-state index in [0.717, 1.165) is 16.7 Å². The molecule has 9 nitrogen and oxygen atoms in total. The zero-order valence-corrected chi connectivity index (χ0v) is 19.3. The number of rotatable bonds is 4. The number of benzene rings is 2. The van der Waals surface area contributed by atoms with Gasteiger partial charge in [-0.1, -0.05) is 44.2 Å². The van der Waals surface area contributed by atoms with E-state index in [1.165, 1.54) is 4.31 Å². The molecule has 1 aromatic heterocycles. The van der Waals surface area contributed by atoms with Crippen molar-refractivity contribution in [3.05, 3.63) is 71.4 Å². The van der Waals surface area contributed by atoms with E-state index < -0.39 is 16.2 Å². The summed E-state index contributed by atoms with van der Waals surface area (Å²) in [5.74, 6) is 1.09. The molecule has 2 atom stereocenters. The van der Waals surface area contributed by atoms with Crippen LogP contribution in [0.2, 0.25) is 0 Å². The van der Waals surface area contributed by atoms with Crippen LogP contribution in [0, 0.1) is 0 Å². The summed E-state index contributed by atoms with van der Waals surface area (Å²) in [4.78, 5) is 6.44. The van der Waals surface area contributed by atoms with Crippen molar-refractivity contribution in [2.24, 2.45) is 16.5 Å². The molecule has 2 aliphatic rings. The fourth-order valence-electron chi connectivity index (χ4n) is 4.57. The van der Waals surface area contributed by atoms with E-state index in [2.05, 4.69) is 29.0 Å². The quantitative estimate of drug-likeness (QED) is 0.542. The van der Waals surface area contributed by atoms with Crippen molar-refractivity contribution in [1.29, 1.82) is 0 Å². The molecule has 0 fully saturated rings. The maximum Gasteiger partial charge on any atom is 0.264 e. The molecular formula is C23H27N7O2S. The van der Waals surface area contributed by atoms with Gasteiger partial charge in [-0.05, 0) is 41.7 Å². The number of nitrogens with one attached hydrogen (secondary N) is 1. The van der Waals surface area contributed by atoms with E-state index in [-0.39, 0.29) is 23.4 Å². The van der Waals surface area contributed by atoms with Crippen molar-refractivity contribution < 1.29 is 8.42 Å². The third kappa shape index (κ3) is 3.55. The van der Waals surface area contributed by atoms with Gasteiger partial charge in [-0.25, -0.2) is 8.42 Å². The maximum atomic E-state index is 13.8. The molecular weight excluding hydrogens is 438 g/mol. The number of para-hydroxylation sites is 1. The monoisotopic (exact) mass is 465 g/mol. The van der Waals surface area contributed by atoms with Gasteiger partial charge in [0.2, 0.25) is 0 Å². The Morgan fingerprint density at radius 3 is 2.58 bits per heavy atom. The van der Waals surface area contributed by atoms with Crippen molar-refractivity contribution in [2.75, 3.05) is 10.8 Å². The van der Waals surface area contributed by atoms with Crippen LogP contribution in [0.25, 0.3) is 0 Å². The van der Waals surface area contributed by atoms with E-state index in [9.17, 15) is 8.42 Å². The van der Waals surface area contributed by atoms with Crippen LogP contribution in [0.4, 0.5) is 11.5 Å². The van der Waals surface area contributed by atoms with Gasteiger partial charge in [0.1, 0.15) is 6.17 Å². The topological polar surface area (TPSA) is 134 Å². The van der Waals surface area contributed by atoms with Crippen molar-refractivity contribution in [1.82, 2.24) is 15.1 Å². The van der Waals surface area contributed by atoms with E-state index in [1.807, 2.05) is 36.4 Å². The minimum atomic E-state index is -3.81. The Kier molecular flexibility index (Phi) is 5.13. The average molecular weight is 466 g/mol. The van der Waals surface area contributed by atoms with E-state index >= 15 is 0 Å². The third-order valence-electron chi connectivity index (χ3n) is 6.38. The number of nitrogens with zero attached hydrogens (tertiary/aromatic N) is 4. The van der Waals surface area contributed by atoms with E-state index in [0.29, 0.717) is 23.8 Å². The average Bonchev–Trinajstić information content (AvgIpc) is 3.27. The fourth-order valence-corrected chi connectivity index (χ4v) is 6.11. The molecule has 0 spiro atoms. The molecule has 0 aliphatic carbocycles. The Labute approximate surface area is 193 Å². The van der Waals surface area contributed by atoms with Crippen molar-refractivity contribution in [3.8, 4) is 0 Å². The van der Waals surface area contributed by atoms with Crippen LogP contribution in [-0.2, 0) is 16.4 Å². The normalized spacial score (nSPS) is 20.4. The Balaban J connectivity index is 1.54. The molecule has 3 aromatic rings. The van der Waals surface area contributed by atoms with Crippen LogP contribution in [-0.4, -0.2) is 42.1 Å². The lowest BCUT2D eigenvalue weighted by molar-refractivity contribution is 0.233. The Morgan fingerprint density at radius 2 is 1.85 bits per heavy atom. The smallest absolute Gasteiger partial charge is 0.264 e. The van der Waals surface area contributed by atoms with Gasteiger partial charge in [0.15, 0.2) is 11.8 Å². The molecule has 172 valence electrons. The Morgan fingerprint density at radius 1 is 1.12 bits per heavy atom. The van der Waals surface area contributed by atoms with Gasteiger partial charge in [0, 0.05) is 0 Å². The summed E-state index contributed by atoms with van der Waals surface area (Å²) < 4.78 is 29.0. The van der Waals surface area contributed by atoms with Crippen molar-refractivity contribution in [2.45, 2.75) is 43.3 Å². The summed E-state index contributed by atoms with van der Waals surface area (Å²) in [6.07, 6.45) is 1.64. The second-order valence-corrected chi connectivity index (χ2v) is 10.6. The highest BCUT2D eigenvalue weighted by Gasteiger charge is 2.40. The minimum Gasteiger partial charge on any atom is -0.369 e. The summed E-state index contributed by atoms with van der Waals surface area (Å²) in [6.45, 7) is 4.35. The number of sulfonamides is 1. The first-order valence-electron chi connectivity index (χ1n) is 10.9. The summed E-state index contributed by atoms with van der Waals surface area (Å²) in [6, 6.07) is 14.3. The number of hydrogen-bond donors (Lipinski definition) is 3. The van der Waals surface area contributed by atoms with E-state index in [4.69, 9.17) is 11.5 Å². The standard InChI is InChI=1S/C23H27N7O2S/c1-14(2)15-7-9-18(10-8-15)33(31,32)29-13-17(11-16-5-3-4-6-20(16)29)30-21(24)19-12-26-28-22(19)27-23(30)25/h3-10,12,14,17,21H,11,13,24H2,1-2H3,(H3,25,26,27,28). The number of fused-ring (bicyclic) bond motifs is 2. The first-order chi connectivity index (χ1) is 15.8. The highest BCUT2D eigenvalue weighted by molar-refractivity contribution is 7.92. The molecule has 0 bridgehead atoms. The van der Waals surface area contributed by atoms with Crippen LogP contribution < -0.4 is 15.8 Å². The van der Waals surface area contributed by atoms with Gasteiger partial charge in [0.25, 0.3) is 10.0 Å². The Hall–Kier alpha value is -3.37. The highest BCUT2D eigenvalue weighted by Crippen LogP contribution is 2.37. The minimum absolute atomic E-state index is 0.197. The lowest BCUT2D eigenvalue weighted by Crippen LogP contribution is -2.57. The molecule has 2 aromatic carbocycles. The van der Waals surface area contributed by atoms with Crippen LogP contribution in [0.15, 0.2) is 64.6 Å². The molecule has 5 N–H and O–H groups in total. The number of guanidine groups is 1. The first kappa shape index (κ1) is 21.5. The van der Waals surface area contributed by atoms with Crippen molar-refractivity contribution >= 4 is 27.5 Å². The summed E-state index contributed by atoms with van der Waals surface area (Å²) in [7, 11) is -3.81. The van der Waals surface area contributed by atoms with Gasteiger partial charge < -0.3 is 16.4 Å². The molecule has 0 saturated carbocycles. The van der Waals surface area contributed by atoms with Crippen molar-refractivity contribution in [3.63, 3.8) is 0 Å². The summed E-state index contributed by atoms with van der Waals surface area (Å²) >= 11 is 0. The molecule has 2 unspecified atom stereocenters. The number of aliphatic imine (C=N–C) groups is 1. The second kappa shape index (κ2) is 7.89. The van der Waals surface area contributed by atoms with Crippen LogP contribution in [0.5, 0.6) is 0 Å². The molecule has 3 heterocycles. The van der Waals surface area contributed by atoms with Gasteiger partial charge in [-0.2, -0.15) is 10.1 Å². The predicted molar refractivity (Wildman–Crippen MR) is 128 cm³/mol. The molecule has 2 aliphatic heterocycles. The largest absolute Gasteiger partial charge is 0.369 e. The highest BCUT2D eigenvalue weighted by atomic mass is 32.2. The zero-order chi connectivity index (χ0) is 23.3. The van der Waals surface area contributed by atoms with Gasteiger partial charge in [-0.15, -0.1) is 0 Å². The van der Waals surface area contributed by atoms with Crippen LogP contribution in [0.1, 0.15) is 42.6 Å². The number of H-pyrrole nitrogens is 1. The number of anilines is 1. The number of hydrogen-bond acceptors (Lipinski definition) is 7. The fraction of sp³-hybridized carbons (Fsp3) is 0.304. The maximum absolute atomic E-state index is 13.8. The molecule has 5 rings (SSSR count). The van der Waals surface area contributed by atoms with Gasteiger partial charge in [-0.3, -0.25) is 9.40 Å². The zero-order valence-electron chi connectivity index (χ0n) is 18.5. The summed E-state index contributed by atoms with van der Waals surface area (Å²) in [5.41, 5.74) is 16.2. The second-order valence-electron chi connectivity index (χ2n) is 8.74. The number of nitrogens with two attached hydrogens (primary N) is 2. The molecule has 0 radical (unpaired) electrons.